The lowest BCUT2D eigenvalue weighted by Crippen LogP contribution is -2.38. The highest BCUT2D eigenvalue weighted by Crippen LogP contribution is 2.37. The summed E-state index contributed by atoms with van der Waals surface area (Å²) in [5.41, 5.74) is 0. The van der Waals surface area contributed by atoms with Crippen molar-refractivity contribution in [3.05, 3.63) is 0 Å². The normalized spacial score (nSPS) is 28.1. The van der Waals surface area contributed by atoms with Gasteiger partial charge in [0.25, 0.3) is 0 Å². The van der Waals surface area contributed by atoms with E-state index >= 15 is 0 Å². The maximum Gasteiger partial charge on any atom is 0.192 e. The van der Waals surface area contributed by atoms with E-state index in [1.807, 2.05) is 0 Å². The molecule has 14 heavy (non-hydrogen) atoms. The maximum absolute atomic E-state index is 6.53. The summed E-state index contributed by atoms with van der Waals surface area (Å²) < 4.78 is 6.53. The Balaban J connectivity index is 1.86. The van der Waals surface area contributed by atoms with Crippen molar-refractivity contribution in [3.8, 4) is 0 Å². The first kappa shape index (κ1) is 10.7. The number of hydrogen-bond donors (Lipinski definition) is 0. The molecule has 0 N–H and O–H groups in total. The zero-order valence-electron chi connectivity index (χ0n) is 9.56. The van der Waals surface area contributed by atoms with Crippen molar-refractivity contribution in [1.82, 2.24) is 0 Å². The van der Waals surface area contributed by atoms with E-state index in [1.165, 1.54) is 63.1 Å². The summed E-state index contributed by atoms with van der Waals surface area (Å²) in [5.74, 6) is 0. The molecule has 0 amide bonds. The molecule has 1 aliphatic carbocycles. The quantitative estimate of drug-likeness (QED) is 0.640. The first-order chi connectivity index (χ1) is 6.85. The predicted octanol–water partition coefficient (Wildman–Crippen LogP) is 4.09. The van der Waals surface area contributed by atoms with E-state index in [1.54, 1.807) is 0 Å². The summed E-state index contributed by atoms with van der Waals surface area (Å²) >= 11 is 0. The topological polar surface area (TPSA) is 9.23 Å². The van der Waals surface area contributed by atoms with Gasteiger partial charge in [-0.1, -0.05) is 39.0 Å². The zero-order chi connectivity index (χ0) is 9.86. The molecule has 1 saturated carbocycles. The van der Waals surface area contributed by atoms with Gasteiger partial charge in [-0.2, -0.15) is 0 Å². The van der Waals surface area contributed by atoms with Gasteiger partial charge >= 0.3 is 0 Å². The van der Waals surface area contributed by atoms with Crippen molar-refractivity contribution in [2.75, 3.05) is 0 Å². The molecular weight excluding hydrogens is 188 g/mol. The van der Waals surface area contributed by atoms with Gasteiger partial charge in [-0.25, -0.2) is 0 Å². The summed E-state index contributed by atoms with van der Waals surface area (Å²) in [6, 6.07) is 4.28. The van der Waals surface area contributed by atoms with Gasteiger partial charge in [0, 0.05) is 6.10 Å². The molecule has 0 radical (unpaired) electrons. The minimum Gasteiger partial charge on any atom is -0.414 e. The summed E-state index contributed by atoms with van der Waals surface area (Å²) in [6.45, 7) is 2.36. The van der Waals surface area contributed by atoms with Gasteiger partial charge < -0.3 is 4.43 Å². The van der Waals surface area contributed by atoms with E-state index in [-0.39, 0.29) is 0 Å². The lowest BCUT2D eigenvalue weighted by Gasteiger charge is -2.33. The van der Waals surface area contributed by atoms with E-state index in [0.29, 0.717) is 6.10 Å². The molecule has 2 aliphatic rings. The molecule has 0 bridgehead atoms. The van der Waals surface area contributed by atoms with Crippen molar-refractivity contribution in [3.63, 3.8) is 0 Å². The molecule has 2 rings (SSSR count). The zero-order valence-corrected chi connectivity index (χ0v) is 10.6. The van der Waals surface area contributed by atoms with Crippen LogP contribution in [0.2, 0.25) is 18.1 Å². The van der Waals surface area contributed by atoms with Crippen LogP contribution in [0.1, 0.15) is 51.9 Å². The standard InChI is InChI=1S/C12H24OSi/c1-2-14(10-6-7-11-14)13-12-8-4-3-5-9-12/h12H,2-11H2,1H3. The Hall–Kier alpha value is 0.177. The van der Waals surface area contributed by atoms with Crippen molar-refractivity contribution < 1.29 is 4.43 Å². The molecule has 82 valence electrons. The van der Waals surface area contributed by atoms with Crippen molar-refractivity contribution in [2.24, 2.45) is 0 Å². The smallest absolute Gasteiger partial charge is 0.192 e. The predicted molar refractivity (Wildman–Crippen MR) is 63.0 cm³/mol. The van der Waals surface area contributed by atoms with Crippen LogP contribution in [0.15, 0.2) is 0 Å². The molecule has 1 saturated heterocycles. The van der Waals surface area contributed by atoms with Gasteiger partial charge in [-0.15, -0.1) is 0 Å². The van der Waals surface area contributed by atoms with Crippen LogP contribution in [0.3, 0.4) is 0 Å². The van der Waals surface area contributed by atoms with Crippen molar-refractivity contribution >= 4 is 8.32 Å². The highest BCUT2D eigenvalue weighted by Gasteiger charge is 2.38. The van der Waals surface area contributed by atoms with E-state index in [4.69, 9.17) is 4.43 Å². The third-order valence-electron chi connectivity index (χ3n) is 4.13. The Morgan fingerprint density at radius 2 is 1.64 bits per heavy atom. The Morgan fingerprint density at radius 3 is 2.21 bits per heavy atom. The van der Waals surface area contributed by atoms with Crippen LogP contribution in [0.5, 0.6) is 0 Å². The summed E-state index contributed by atoms with van der Waals surface area (Å²) in [4.78, 5) is 0. The summed E-state index contributed by atoms with van der Waals surface area (Å²) in [6.07, 6.45) is 10.6. The van der Waals surface area contributed by atoms with E-state index in [2.05, 4.69) is 6.92 Å². The van der Waals surface area contributed by atoms with Gasteiger partial charge in [-0.3, -0.25) is 0 Å². The fraction of sp³-hybridized carbons (Fsp3) is 1.00. The lowest BCUT2D eigenvalue weighted by molar-refractivity contribution is 0.143. The minimum absolute atomic E-state index is 0.661. The Labute approximate surface area is 89.4 Å². The SMILES string of the molecule is CC[Si]1(OC2CCCCC2)CCCC1. The molecule has 2 fully saturated rings. The number of rotatable bonds is 3. The van der Waals surface area contributed by atoms with Crippen LogP contribution in [-0.4, -0.2) is 14.4 Å². The number of hydrogen-bond acceptors (Lipinski definition) is 1. The highest BCUT2D eigenvalue weighted by atomic mass is 28.4. The van der Waals surface area contributed by atoms with Crippen LogP contribution < -0.4 is 0 Å². The van der Waals surface area contributed by atoms with Gasteiger partial charge in [0.1, 0.15) is 0 Å². The summed E-state index contributed by atoms with van der Waals surface area (Å²) in [5, 5.41) is 0. The van der Waals surface area contributed by atoms with E-state index < -0.39 is 8.32 Å². The van der Waals surface area contributed by atoms with Gasteiger partial charge in [0.05, 0.1) is 0 Å². The molecular formula is C12H24OSi. The molecule has 1 aliphatic heterocycles. The van der Waals surface area contributed by atoms with Crippen LogP contribution in [0.25, 0.3) is 0 Å². The third-order valence-corrected chi connectivity index (χ3v) is 8.78. The average Bonchev–Trinajstić information content (AvgIpc) is 2.69. The van der Waals surface area contributed by atoms with Crippen molar-refractivity contribution in [1.29, 1.82) is 0 Å². The van der Waals surface area contributed by atoms with Gasteiger partial charge in [0.15, 0.2) is 8.32 Å². The molecule has 0 aromatic carbocycles. The highest BCUT2D eigenvalue weighted by molar-refractivity contribution is 6.74. The lowest BCUT2D eigenvalue weighted by atomic mass is 9.98. The second-order valence-corrected chi connectivity index (χ2v) is 9.43. The van der Waals surface area contributed by atoms with E-state index in [0.717, 1.165) is 0 Å². The van der Waals surface area contributed by atoms with Gasteiger partial charge in [-0.05, 0) is 31.0 Å². The molecule has 0 unspecified atom stereocenters. The van der Waals surface area contributed by atoms with E-state index in [9.17, 15) is 0 Å². The monoisotopic (exact) mass is 212 g/mol. The fourth-order valence-corrected chi connectivity index (χ4v) is 7.20. The second kappa shape index (κ2) is 4.80. The fourth-order valence-electron chi connectivity index (χ4n) is 3.11. The minimum atomic E-state index is -1.19. The first-order valence-corrected chi connectivity index (χ1v) is 9.05. The van der Waals surface area contributed by atoms with Crippen LogP contribution in [-0.2, 0) is 4.43 Å². The molecule has 1 nitrogen and oxygen atoms in total. The molecule has 1 heterocycles. The Morgan fingerprint density at radius 1 is 1.00 bits per heavy atom. The van der Waals surface area contributed by atoms with Crippen molar-refractivity contribution in [2.45, 2.75) is 76.1 Å². The second-order valence-electron chi connectivity index (χ2n) is 5.12. The molecule has 0 aromatic heterocycles. The Bertz CT molecular complexity index is 169. The average molecular weight is 212 g/mol. The maximum atomic E-state index is 6.53. The third kappa shape index (κ3) is 2.40. The molecule has 0 spiro atoms. The summed E-state index contributed by atoms with van der Waals surface area (Å²) in [7, 11) is -1.19. The largest absolute Gasteiger partial charge is 0.414 e. The molecule has 0 aromatic rings. The van der Waals surface area contributed by atoms with Crippen LogP contribution >= 0.6 is 0 Å². The first-order valence-electron chi connectivity index (χ1n) is 6.52. The van der Waals surface area contributed by atoms with Crippen LogP contribution in [0, 0.1) is 0 Å². The molecule has 0 atom stereocenters. The molecule has 2 heteroatoms. The van der Waals surface area contributed by atoms with Gasteiger partial charge in [0.2, 0.25) is 0 Å². The Kier molecular flexibility index (Phi) is 3.66. The van der Waals surface area contributed by atoms with Crippen LogP contribution in [0.4, 0.5) is 0 Å².